The highest BCUT2D eigenvalue weighted by Crippen LogP contribution is 2.18. The zero-order chi connectivity index (χ0) is 16.7. The van der Waals surface area contributed by atoms with Gasteiger partial charge in [0.05, 0.1) is 5.56 Å². The summed E-state index contributed by atoms with van der Waals surface area (Å²) in [5, 5.41) is 15.3. The van der Waals surface area contributed by atoms with Gasteiger partial charge < -0.3 is 20.5 Å². The Morgan fingerprint density at radius 2 is 2.13 bits per heavy atom. The van der Waals surface area contributed by atoms with Crippen LogP contribution in [0.5, 0.6) is 0 Å². The molecule has 0 fully saturated rings. The number of carboxylic acids is 1. The molecule has 0 bridgehead atoms. The Hall–Kier alpha value is -2.67. The average molecular weight is 316 g/mol. The molecule has 23 heavy (non-hydrogen) atoms. The third-order valence-electron chi connectivity index (χ3n) is 3.04. The van der Waals surface area contributed by atoms with Crippen LogP contribution in [0.3, 0.4) is 0 Å². The molecule has 2 rings (SSSR count). The minimum absolute atomic E-state index is 0.221. The van der Waals surface area contributed by atoms with Crippen LogP contribution in [0.15, 0.2) is 30.3 Å². The van der Waals surface area contributed by atoms with Crippen molar-refractivity contribution in [2.45, 2.75) is 13.3 Å². The van der Waals surface area contributed by atoms with E-state index in [0.29, 0.717) is 30.6 Å². The Balaban J connectivity index is 2.09. The quantitative estimate of drug-likeness (QED) is 0.644. The fraction of sp³-hybridized carbons (Fsp3) is 0.312. The van der Waals surface area contributed by atoms with Crippen molar-refractivity contribution < 1.29 is 14.6 Å². The second kappa shape index (κ2) is 8.09. The van der Waals surface area contributed by atoms with Crippen molar-refractivity contribution in [1.29, 1.82) is 0 Å². The number of ether oxygens (including phenoxy) is 1. The van der Waals surface area contributed by atoms with Gasteiger partial charge in [0.2, 0.25) is 5.95 Å². The molecule has 0 saturated carbocycles. The number of anilines is 3. The summed E-state index contributed by atoms with van der Waals surface area (Å²) in [5.41, 5.74) is 1.69. The third kappa shape index (κ3) is 5.23. The summed E-state index contributed by atoms with van der Waals surface area (Å²) in [6.45, 7) is 3.26. The highest BCUT2D eigenvalue weighted by atomic mass is 16.5. The molecule has 1 heterocycles. The van der Waals surface area contributed by atoms with Crippen LogP contribution in [0.1, 0.15) is 22.5 Å². The van der Waals surface area contributed by atoms with Crippen molar-refractivity contribution in [3.63, 3.8) is 0 Å². The first-order valence-corrected chi connectivity index (χ1v) is 7.27. The lowest BCUT2D eigenvalue weighted by molar-refractivity contribution is 0.0697. The maximum absolute atomic E-state index is 11.0. The predicted octanol–water partition coefficient (Wildman–Crippen LogP) is 2.68. The monoisotopic (exact) mass is 316 g/mol. The molecule has 3 N–H and O–H groups in total. The first kappa shape index (κ1) is 16.7. The van der Waals surface area contributed by atoms with Gasteiger partial charge in [0, 0.05) is 37.7 Å². The van der Waals surface area contributed by atoms with Gasteiger partial charge in [0.1, 0.15) is 5.82 Å². The second-order valence-corrected chi connectivity index (χ2v) is 5.00. The lowest BCUT2D eigenvalue weighted by Gasteiger charge is -2.10. The largest absolute Gasteiger partial charge is 0.478 e. The molecule has 0 amide bonds. The number of carboxylic acid groups (broad SMARTS) is 1. The van der Waals surface area contributed by atoms with E-state index in [0.717, 1.165) is 12.1 Å². The number of hydrogen-bond donors (Lipinski definition) is 3. The van der Waals surface area contributed by atoms with Gasteiger partial charge in [-0.2, -0.15) is 4.98 Å². The maximum Gasteiger partial charge on any atom is 0.335 e. The van der Waals surface area contributed by atoms with E-state index in [1.807, 2.05) is 6.92 Å². The Morgan fingerprint density at radius 3 is 2.87 bits per heavy atom. The highest BCUT2D eigenvalue weighted by molar-refractivity contribution is 5.89. The van der Waals surface area contributed by atoms with E-state index >= 15 is 0 Å². The number of nitrogens with one attached hydrogen (secondary N) is 2. The topological polar surface area (TPSA) is 96.4 Å². The van der Waals surface area contributed by atoms with E-state index in [1.54, 1.807) is 37.4 Å². The number of aromatic nitrogens is 2. The molecule has 0 radical (unpaired) electrons. The normalized spacial score (nSPS) is 10.3. The van der Waals surface area contributed by atoms with E-state index in [1.165, 1.54) is 0 Å². The fourth-order valence-electron chi connectivity index (χ4n) is 2.01. The smallest absolute Gasteiger partial charge is 0.335 e. The maximum atomic E-state index is 11.0. The van der Waals surface area contributed by atoms with E-state index in [-0.39, 0.29) is 5.56 Å². The molecule has 1 aromatic heterocycles. The van der Waals surface area contributed by atoms with Gasteiger partial charge in [-0.25, -0.2) is 9.78 Å². The van der Waals surface area contributed by atoms with Crippen molar-refractivity contribution in [1.82, 2.24) is 9.97 Å². The first-order chi connectivity index (χ1) is 11.1. The third-order valence-corrected chi connectivity index (χ3v) is 3.04. The molecule has 0 aliphatic carbocycles. The van der Waals surface area contributed by atoms with Gasteiger partial charge in [-0.1, -0.05) is 6.07 Å². The van der Waals surface area contributed by atoms with Gasteiger partial charge in [0.15, 0.2) is 0 Å². The van der Waals surface area contributed by atoms with Gasteiger partial charge >= 0.3 is 5.97 Å². The number of aromatic carboxylic acids is 1. The molecular weight excluding hydrogens is 296 g/mol. The van der Waals surface area contributed by atoms with Crippen molar-refractivity contribution in [2.75, 3.05) is 30.9 Å². The van der Waals surface area contributed by atoms with Crippen LogP contribution in [0.4, 0.5) is 17.5 Å². The summed E-state index contributed by atoms with van der Waals surface area (Å²) in [6, 6.07) is 8.38. The summed E-state index contributed by atoms with van der Waals surface area (Å²) >= 11 is 0. The molecule has 0 aliphatic heterocycles. The zero-order valence-corrected chi connectivity index (χ0v) is 13.2. The van der Waals surface area contributed by atoms with E-state index < -0.39 is 5.97 Å². The van der Waals surface area contributed by atoms with Gasteiger partial charge in [-0.05, 0) is 31.5 Å². The molecule has 0 aliphatic rings. The van der Waals surface area contributed by atoms with Crippen LogP contribution >= 0.6 is 0 Å². The minimum atomic E-state index is -0.965. The van der Waals surface area contributed by atoms with Crippen LogP contribution in [-0.4, -0.2) is 41.3 Å². The van der Waals surface area contributed by atoms with Crippen LogP contribution in [0.25, 0.3) is 0 Å². The SMILES string of the molecule is COCCCNc1nc(C)cc(Nc2cccc(C(=O)O)c2)n1. The molecular formula is C16H20N4O3. The molecule has 7 nitrogen and oxygen atoms in total. The molecule has 0 unspecified atom stereocenters. The molecule has 0 spiro atoms. The van der Waals surface area contributed by atoms with E-state index in [4.69, 9.17) is 9.84 Å². The molecule has 0 atom stereocenters. The number of rotatable bonds is 8. The summed E-state index contributed by atoms with van der Waals surface area (Å²) in [4.78, 5) is 19.7. The average Bonchev–Trinajstić information content (AvgIpc) is 2.51. The molecule has 1 aromatic carbocycles. The van der Waals surface area contributed by atoms with Crippen molar-refractivity contribution in [3.05, 3.63) is 41.6 Å². The van der Waals surface area contributed by atoms with Crippen molar-refractivity contribution in [2.24, 2.45) is 0 Å². The van der Waals surface area contributed by atoms with Gasteiger partial charge in [-0.15, -0.1) is 0 Å². The predicted molar refractivity (Wildman–Crippen MR) is 88.4 cm³/mol. The highest BCUT2D eigenvalue weighted by Gasteiger charge is 2.06. The number of hydrogen-bond acceptors (Lipinski definition) is 6. The van der Waals surface area contributed by atoms with Gasteiger partial charge in [0.25, 0.3) is 0 Å². The Morgan fingerprint density at radius 1 is 1.30 bits per heavy atom. The Bertz CT molecular complexity index is 676. The van der Waals surface area contributed by atoms with Crippen LogP contribution in [0, 0.1) is 6.92 Å². The summed E-state index contributed by atoms with van der Waals surface area (Å²) in [5.74, 6) is 0.167. The lowest BCUT2D eigenvalue weighted by atomic mass is 10.2. The number of methoxy groups -OCH3 is 1. The van der Waals surface area contributed by atoms with E-state index in [2.05, 4.69) is 20.6 Å². The molecule has 2 aromatic rings. The first-order valence-electron chi connectivity index (χ1n) is 7.27. The molecule has 0 saturated heterocycles. The summed E-state index contributed by atoms with van der Waals surface area (Å²) < 4.78 is 5.00. The molecule has 7 heteroatoms. The van der Waals surface area contributed by atoms with Crippen LogP contribution in [0.2, 0.25) is 0 Å². The summed E-state index contributed by atoms with van der Waals surface area (Å²) in [7, 11) is 1.66. The fourth-order valence-corrected chi connectivity index (χ4v) is 2.01. The Labute approximate surface area is 134 Å². The van der Waals surface area contributed by atoms with Crippen LogP contribution in [-0.2, 0) is 4.74 Å². The van der Waals surface area contributed by atoms with Crippen molar-refractivity contribution in [3.8, 4) is 0 Å². The van der Waals surface area contributed by atoms with Crippen molar-refractivity contribution >= 4 is 23.4 Å². The second-order valence-electron chi connectivity index (χ2n) is 5.00. The number of nitrogens with zero attached hydrogens (tertiary/aromatic N) is 2. The lowest BCUT2D eigenvalue weighted by Crippen LogP contribution is -2.09. The van der Waals surface area contributed by atoms with Gasteiger partial charge in [-0.3, -0.25) is 0 Å². The zero-order valence-electron chi connectivity index (χ0n) is 13.2. The standard InChI is InChI=1S/C16H20N4O3/c1-11-9-14(20-16(18-11)17-7-4-8-23-2)19-13-6-3-5-12(10-13)15(21)22/h3,5-6,9-10H,4,7-8H2,1-2H3,(H,21,22)(H2,17,18,19,20). The van der Waals surface area contributed by atoms with E-state index in [9.17, 15) is 4.79 Å². The minimum Gasteiger partial charge on any atom is -0.478 e. The number of benzene rings is 1. The Kier molecular flexibility index (Phi) is 5.87. The molecule has 122 valence electrons. The number of aryl methyl sites for hydroxylation is 1. The summed E-state index contributed by atoms with van der Waals surface area (Å²) in [6.07, 6.45) is 0.858. The number of carbonyl (C=O) groups is 1. The van der Waals surface area contributed by atoms with Crippen LogP contribution < -0.4 is 10.6 Å².